The van der Waals surface area contributed by atoms with Crippen LogP contribution in [0.5, 0.6) is 0 Å². The summed E-state index contributed by atoms with van der Waals surface area (Å²) in [7, 11) is 0. The maximum atomic E-state index is 12.7. The third-order valence-corrected chi connectivity index (χ3v) is 5.80. The van der Waals surface area contributed by atoms with Crippen LogP contribution in [0.1, 0.15) is 21.8 Å². The number of thiophene rings is 1. The summed E-state index contributed by atoms with van der Waals surface area (Å²) in [5.74, 6) is 0.382. The monoisotopic (exact) mass is 461 g/mol. The molecule has 1 aromatic carbocycles. The molecule has 0 atom stereocenters. The minimum atomic E-state index is -0.648. The summed E-state index contributed by atoms with van der Waals surface area (Å²) in [6.07, 6.45) is 1.23. The molecule has 152 valence electrons. The van der Waals surface area contributed by atoms with Crippen molar-refractivity contribution in [3.63, 3.8) is 0 Å². The zero-order chi connectivity index (χ0) is 21.3. The van der Waals surface area contributed by atoms with E-state index in [2.05, 4.69) is 10.1 Å². The van der Waals surface area contributed by atoms with E-state index in [4.69, 9.17) is 32.4 Å². The van der Waals surface area contributed by atoms with Crippen LogP contribution >= 0.6 is 34.5 Å². The molecule has 3 aromatic heterocycles. The zero-order valence-electron chi connectivity index (χ0n) is 15.5. The normalized spacial score (nSPS) is 10.9. The van der Waals surface area contributed by atoms with E-state index in [0.29, 0.717) is 17.3 Å². The van der Waals surface area contributed by atoms with Gasteiger partial charge in [-0.3, -0.25) is 4.79 Å². The maximum absolute atomic E-state index is 12.7. The standard InChI is InChI=1S/C20H13Cl2N3O4S/c1-11-14(24-18(29-11)16-7-4-8-30-16)10-28-20(27)12-5-2-3-6-15(12)25-19(26)17(22)13(21)9-23-25/h2-9H,10H2,1H3. The number of nitrogens with zero attached hydrogens (tertiary/aromatic N) is 3. The number of aryl methyl sites for hydroxylation is 1. The highest BCUT2D eigenvalue weighted by Gasteiger charge is 2.19. The lowest BCUT2D eigenvalue weighted by molar-refractivity contribution is 0.0466. The molecule has 0 saturated heterocycles. The summed E-state index contributed by atoms with van der Waals surface area (Å²) in [6, 6.07) is 10.2. The molecule has 4 aromatic rings. The quantitative estimate of drug-likeness (QED) is 0.392. The average molecular weight is 462 g/mol. The van der Waals surface area contributed by atoms with E-state index < -0.39 is 11.5 Å². The topological polar surface area (TPSA) is 87.2 Å². The number of para-hydroxylation sites is 1. The van der Waals surface area contributed by atoms with Gasteiger partial charge in [0.2, 0.25) is 5.89 Å². The molecule has 10 heteroatoms. The third kappa shape index (κ3) is 3.89. The number of carbonyl (C=O) groups excluding carboxylic acids is 1. The highest BCUT2D eigenvalue weighted by molar-refractivity contribution is 7.13. The van der Waals surface area contributed by atoms with Crippen molar-refractivity contribution in [2.75, 3.05) is 0 Å². The molecular weight excluding hydrogens is 449 g/mol. The number of carbonyl (C=O) groups is 1. The lowest BCUT2D eigenvalue weighted by Crippen LogP contribution is -2.24. The Labute approximate surface area is 184 Å². The first-order valence-corrected chi connectivity index (χ1v) is 10.3. The van der Waals surface area contributed by atoms with Gasteiger partial charge in [0.25, 0.3) is 5.56 Å². The first kappa shape index (κ1) is 20.3. The van der Waals surface area contributed by atoms with E-state index in [1.54, 1.807) is 25.1 Å². The van der Waals surface area contributed by atoms with Crippen LogP contribution in [0, 0.1) is 6.92 Å². The molecule has 0 unspecified atom stereocenters. The summed E-state index contributed by atoms with van der Waals surface area (Å²) >= 11 is 13.3. The molecule has 0 saturated carbocycles. The number of hydrogen-bond acceptors (Lipinski definition) is 7. The summed E-state index contributed by atoms with van der Waals surface area (Å²) in [5.41, 5.74) is 0.235. The fourth-order valence-electron chi connectivity index (χ4n) is 2.69. The number of ether oxygens (including phenoxy) is 1. The molecule has 0 aliphatic rings. The van der Waals surface area contributed by atoms with E-state index in [-0.39, 0.29) is 27.9 Å². The second kappa shape index (κ2) is 8.43. The van der Waals surface area contributed by atoms with Gasteiger partial charge in [-0.05, 0) is 30.5 Å². The van der Waals surface area contributed by atoms with Crippen LogP contribution in [0.3, 0.4) is 0 Å². The number of esters is 1. The Morgan fingerprint density at radius 2 is 2.03 bits per heavy atom. The lowest BCUT2D eigenvalue weighted by Gasteiger charge is -2.10. The molecule has 3 heterocycles. The molecule has 0 aliphatic heterocycles. The van der Waals surface area contributed by atoms with Crippen LogP contribution in [0.15, 0.2) is 57.2 Å². The second-order valence-electron chi connectivity index (χ2n) is 6.12. The van der Waals surface area contributed by atoms with Crippen LogP contribution in [0.2, 0.25) is 10.0 Å². The molecule has 0 amide bonds. The summed E-state index contributed by atoms with van der Waals surface area (Å²) in [6.45, 7) is 1.66. The lowest BCUT2D eigenvalue weighted by atomic mass is 10.2. The Bertz CT molecular complexity index is 1280. The first-order valence-electron chi connectivity index (χ1n) is 8.65. The molecule has 7 nitrogen and oxygen atoms in total. The number of halogens is 2. The third-order valence-electron chi connectivity index (χ3n) is 4.19. The van der Waals surface area contributed by atoms with Crippen molar-refractivity contribution >= 4 is 40.5 Å². The van der Waals surface area contributed by atoms with Gasteiger partial charge in [0.15, 0.2) is 0 Å². The van der Waals surface area contributed by atoms with Crippen molar-refractivity contribution in [2.24, 2.45) is 0 Å². The van der Waals surface area contributed by atoms with Gasteiger partial charge in [0, 0.05) is 0 Å². The smallest absolute Gasteiger partial charge is 0.340 e. The van der Waals surface area contributed by atoms with Gasteiger partial charge in [-0.2, -0.15) is 9.78 Å². The van der Waals surface area contributed by atoms with Crippen LogP contribution in [0.25, 0.3) is 16.5 Å². The molecule has 4 rings (SSSR count). The maximum Gasteiger partial charge on any atom is 0.340 e. The van der Waals surface area contributed by atoms with Gasteiger partial charge in [-0.25, -0.2) is 9.78 Å². The molecule has 0 radical (unpaired) electrons. The minimum Gasteiger partial charge on any atom is -0.455 e. The molecular formula is C20H13Cl2N3O4S. The first-order chi connectivity index (χ1) is 14.5. The SMILES string of the molecule is Cc1oc(-c2cccs2)nc1COC(=O)c1ccccc1-n1ncc(Cl)c(Cl)c1=O. The van der Waals surface area contributed by atoms with E-state index in [1.807, 2.05) is 17.5 Å². The van der Waals surface area contributed by atoms with Gasteiger partial charge < -0.3 is 9.15 Å². The highest BCUT2D eigenvalue weighted by atomic mass is 35.5. The van der Waals surface area contributed by atoms with E-state index in [9.17, 15) is 9.59 Å². The van der Waals surface area contributed by atoms with Crippen molar-refractivity contribution in [2.45, 2.75) is 13.5 Å². The fourth-order valence-corrected chi connectivity index (χ4v) is 3.60. The van der Waals surface area contributed by atoms with Crippen molar-refractivity contribution in [1.82, 2.24) is 14.8 Å². The largest absolute Gasteiger partial charge is 0.455 e. The zero-order valence-corrected chi connectivity index (χ0v) is 17.8. The molecule has 30 heavy (non-hydrogen) atoms. The summed E-state index contributed by atoms with van der Waals surface area (Å²) < 4.78 is 12.1. The van der Waals surface area contributed by atoms with Gasteiger partial charge in [-0.1, -0.05) is 41.4 Å². The Morgan fingerprint density at radius 3 is 2.80 bits per heavy atom. The van der Waals surface area contributed by atoms with E-state index >= 15 is 0 Å². The van der Waals surface area contributed by atoms with Crippen molar-refractivity contribution in [3.8, 4) is 16.5 Å². The number of hydrogen-bond donors (Lipinski definition) is 0. The van der Waals surface area contributed by atoms with Gasteiger partial charge >= 0.3 is 5.97 Å². The average Bonchev–Trinajstić information content (AvgIpc) is 3.40. The minimum absolute atomic E-state index is 0.0287. The number of rotatable bonds is 5. The number of benzene rings is 1. The Balaban J connectivity index is 1.59. The predicted molar refractivity (Wildman–Crippen MR) is 114 cm³/mol. The van der Waals surface area contributed by atoms with E-state index in [0.717, 1.165) is 9.56 Å². The highest BCUT2D eigenvalue weighted by Crippen LogP contribution is 2.26. The Kier molecular flexibility index (Phi) is 5.72. The van der Waals surface area contributed by atoms with Crippen LogP contribution in [-0.2, 0) is 11.3 Å². The van der Waals surface area contributed by atoms with Gasteiger partial charge in [-0.15, -0.1) is 11.3 Å². The number of oxazole rings is 1. The predicted octanol–water partition coefficient (Wildman–Crippen LogP) is 4.92. The Morgan fingerprint density at radius 1 is 1.23 bits per heavy atom. The van der Waals surface area contributed by atoms with Crippen molar-refractivity contribution in [1.29, 1.82) is 0 Å². The second-order valence-corrected chi connectivity index (χ2v) is 7.85. The summed E-state index contributed by atoms with van der Waals surface area (Å²) in [4.78, 5) is 30.4. The molecule has 0 spiro atoms. The van der Waals surface area contributed by atoms with Gasteiger partial charge in [0.1, 0.15) is 23.1 Å². The summed E-state index contributed by atoms with van der Waals surface area (Å²) in [5, 5.41) is 5.73. The van der Waals surface area contributed by atoms with Crippen molar-refractivity contribution < 1.29 is 13.9 Å². The Hall–Kier alpha value is -2.94. The van der Waals surface area contributed by atoms with E-state index in [1.165, 1.54) is 23.6 Å². The number of aromatic nitrogens is 3. The molecule has 0 aliphatic carbocycles. The van der Waals surface area contributed by atoms with Crippen LogP contribution < -0.4 is 5.56 Å². The van der Waals surface area contributed by atoms with Crippen LogP contribution in [0.4, 0.5) is 0 Å². The molecule has 0 bridgehead atoms. The van der Waals surface area contributed by atoms with Gasteiger partial charge in [0.05, 0.1) is 27.3 Å². The molecule has 0 fully saturated rings. The molecule has 0 N–H and O–H groups in total. The van der Waals surface area contributed by atoms with Crippen LogP contribution in [-0.4, -0.2) is 20.7 Å². The fraction of sp³-hybridized carbons (Fsp3) is 0.100. The van der Waals surface area contributed by atoms with Crippen molar-refractivity contribution in [3.05, 3.63) is 85.4 Å².